The standard InChI is InChI=1S/C13H22O4/c1-4-7-8-11(9-12(14)16-5-2)10-13(15)17-6-3/h9H,4-8,10H2,1-3H3. The molecular formula is C13H22O4. The summed E-state index contributed by atoms with van der Waals surface area (Å²) in [5.41, 5.74) is 0.781. The molecule has 0 N–H and O–H groups in total. The van der Waals surface area contributed by atoms with E-state index in [0.717, 1.165) is 24.8 Å². The molecule has 4 nitrogen and oxygen atoms in total. The molecule has 0 aliphatic carbocycles. The number of carbonyl (C=O) groups is 2. The summed E-state index contributed by atoms with van der Waals surface area (Å²) in [7, 11) is 0. The monoisotopic (exact) mass is 242 g/mol. The minimum Gasteiger partial charge on any atom is -0.466 e. The zero-order chi connectivity index (χ0) is 13.1. The van der Waals surface area contributed by atoms with Crippen LogP contribution < -0.4 is 0 Å². The van der Waals surface area contributed by atoms with Crippen molar-refractivity contribution < 1.29 is 19.1 Å². The Morgan fingerprint density at radius 3 is 2.24 bits per heavy atom. The number of rotatable bonds is 8. The molecule has 0 saturated carbocycles. The number of ether oxygens (including phenoxy) is 2. The van der Waals surface area contributed by atoms with Crippen LogP contribution in [0.2, 0.25) is 0 Å². The predicted octanol–water partition coefficient (Wildman–Crippen LogP) is 2.62. The van der Waals surface area contributed by atoms with Crippen LogP contribution in [-0.2, 0) is 19.1 Å². The van der Waals surface area contributed by atoms with Crippen LogP contribution in [0.1, 0.15) is 46.5 Å². The minimum absolute atomic E-state index is 0.173. The topological polar surface area (TPSA) is 52.6 Å². The second-order valence-corrected chi connectivity index (χ2v) is 3.64. The van der Waals surface area contributed by atoms with Gasteiger partial charge >= 0.3 is 11.9 Å². The first-order valence-electron chi connectivity index (χ1n) is 6.15. The summed E-state index contributed by atoms with van der Waals surface area (Å²) < 4.78 is 9.69. The first-order valence-corrected chi connectivity index (χ1v) is 6.15. The van der Waals surface area contributed by atoms with Gasteiger partial charge in [-0.25, -0.2) is 4.79 Å². The Morgan fingerprint density at radius 2 is 1.71 bits per heavy atom. The van der Waals surface area contributed by atoms with E-state index in [4.69, 9.17) is 9.47 Å². The number of hydrogen-bond acceptors (Lipinski definition) is 4. The van der Waals surface area contributed by atoms with Crippen molar-refractivity contribution in [2.75, 3.05) is 13.2 Å². The highest BCUT2D eigenvalue weighted by Gasteiger charge is 2.09. The maximum atomic E-state index is 11.3. The van der Waals surface area contributed by atoms with Gasteiger partial charge in [0.1, 0.15) is 0 Å². The molecule has 0 spiro atoms. The van der Waals surface area contributed by atoms with Crippen molar-refractivity contribution in [3.05, 3.63) is 11.6 Å². The number of esters is 2. The van der Waals surface area contributed by atoms with E-state index in [1.807, 2.05) is 0 Å². The van der Waals surface area contributed by atoms with E-state index in [1.165, 1.54) is 6.08 Å². The Bertz CT molecular complexity index is 269. The third kappa shape index (κ3) is 8.48. The number of carbonyl (C=O) groups excluding carboxylic acids is 2. The van der Waals surface area contributed by atoms with Crippen LogP contribution in [0.5, 0.6) is 0 Å². The van der Waals surface area contributed by atoms with E-state index < -0.39 is 0 Å². The van der Waals surface area contributed by atoms with Crippen molar-refractivity contribution in [3.63, 3.8) is 0 Å². The van der Waals surface area contributed by atoms with Crippen molar-refractivity contribution >= 4 is 11.9 Å². The minimum atomic E-state index is -0.386. The molecule has 4 heteroatoms. The molecule has 0 aliphatic rings. The molecule has 0 aromatic carbocycles. The van der Waals surface area contributed by atoms with Crippen LogP contribution in [0, 0.1) is 0 Å². The fourth-order valence-electron chi connectivity index (χ4n) is 1.36. The zero-order valence-electron chi connectivity index (χ0n) is 11.0. The molecule has 0 heterocycles. The second kappa shape index (κ2) is 9.87. The summed E-state index contributed by atoms with van der Waals surface area (Å²) in [6, 6.07) is 0. The van der Waals surface area contributed by atoms with Gasteiger partial charge in [0, 0.05) is 6.08 Å². The Hall–Kier alpha value is -1.32. The van der Waals surface area contributed by atoms with Gasteiger partial charge in [-0.1, -0.05) is 18.9 Å². The van der Waals surface area contributed by atoms with E-state index in [0.29, 0.717) is 13.2 Å². The van der Waals surface area contributed by atoms with Gasteiger partial charge in [-0.05, 0) is 26.7 Å². The summed E-state index contributed by atoms with van der Waals surface area (Å²) in [5.74, 6) is -0.679. The van der Waals surface area contributed by atoms with E-state index in [-0.39, 0.29) is 18.4 Å². The molecule has 98 valence electrons. The molecule has 0 aliphatic heterocycles. The summed E-state index contributed by atoms with van der Waals surface area (Å²) in [6.07, 6.45) is 4.28. The van der Waals surface area contributed by atoms with Gasteiger partial charge in [0.25, 0.3) is 0 Å². The number of hydrogen-bond donors (Lipinski definition) is 0. The van der Waals surface area contributed by atoms with Gasteiger partial charge in [-0.15, -0.1) is 0 Å². The van der Waals surface area contributed by atoms with Crippen molar-refractivity contribution in [1.82, 2.24) is 0 Å². The molecule has 17 heavy (non-hydrogen) atoms. The molecule has 0 aromatic rings. The van der Waals surface area contributed by atoms with Crippen LogP contribution in [0.25, 0.3) is 0 Å². The lowest BCUT2D eigenvalue weighted by Gasteiger charge is -2.06. The smallest absolute Gasteiger partial charge is 0.330 e. The Kier molecular flexibility index (Phi) is 9.11. The Balaban J connectivity index is 4.40. The lowest BCUT2D eigenvalue weighted by Crippen LogP contribution is -2.08. The van der Waals surface area contributed by atoms with Crippen molar-refractivity contribution in [1.29, 1.82) is 0 Å². The molecule has 0 unspecified atom stereocenters. The highest BCUT2D eigenvalue weighted by Crippen LogP contribution is 2.13. The van der Waals surface area contributed by atoms with Gasteiger partial charge in [0.15, 0.2) is 0 Å². The van der Waals surface area contributed by atoms with Crippen molar-refractivity contribution in [2.24, 2.45) is 0 Å². The first kappa shape index (κ1) is 15.7. The maximum Gasteiger partial charge on any atom is 0.330 e. The van der Waals surface area contributed by atoms with E-state index in [1.54, 1.807) is 13.8 Å². The van der Waals surface area contributed by atoms with Crippen LogP contribution in [0.15, 0.2) is 11.6 Å². The highest BCUT2D eigenvalue weighted by atomic mass is 16.5. The largest absolute Gasteiger partial charge is 0.466 e. The summed E-state index contributed by atoms with van der Waals surface area (Å²) in [5, 5.41) is 0. The second-order valence-electron chi connectivity index (χ2n) is 3.64. The summed E-state index contributed by atoms with van der Waals surface area (Å²) in [4.78, 5) is 22.6. The van der Waals surface area contributed by atoms with Gasteiger partial charge < -0.3 is 9.47 Å². The fourth-order valence-corrected chi connectivity index (χ4v) is 1.36. The van der Waals surface area contributed by atoms with Gasteiger partial charge in [-0.3, -0.25) is 4.79 Å². The molecule has 0 amide bonds. The molecule has 0 saturated heterocycles. The van der Waals surface area contributed by atoms with Crippen LogP contribution in [-0.4, -0.2) is 25.2 Å². The lowest BCUT2D eigenvalue weighted by molar-refractivity contribution is -0.142. The molecule has 0 fully saturated rings. The zero-order valence-corrected chi connectivity index (χ0v) is 11.0. The molecule has 0 bridgehead atoms. The van der Waals surface area contributed by atoms with Crippen molar-refractivity contribution in [2.45, 2.75) is 46.5 Å². The van der Waals surface area contributed by atoms with Crippen LogP contribution >= 0.6 is 0 Å². The molecule has 0 radical (unpaired) electrons. The molecular weight excluding hydrogens is 220 g/mol. The van der Waals surface area contributed by atoms with E-state index in [9.17, 15) is 9.59 Å². The normalized spacial score (nSPS) is 11.1. The fraction of sp³-hybridized carbons (Fsp3) is 0.692. The summed E-state index contributed by atoms with van der Waals surface area (Å²) in [6.45, 7) is 6.28. The van der Waals surface area contributed by atoms with Crippen LogP contribution in [0.3, 0.4) is 0 Å². The Labute approximate surface area is 103 Å². The third-order valence-corrected chi connectivity index (χ3v) is 2.14. The number of unbranched alkanes of at least 4 members (excludes halogenated alkanes) is 1. The maximum absolute atomic E-state index is 11.3. The SMILES string of the molecule is CCCCC(=CC(=O)OCC)CC(=O)OCC. The third-order valence-electron chi connectivity index (χ3n) is 2.14. The predicted molar refractivity (Wildman–Crippen MR) is 65.5 cm³/mol. The average Bonchev–Trinajstić information content (AvgIpc) is 2.26. The van der Waals surface area contributed by atoms with Gasteiger partial charge in [-0.2, -0.15) is 0 Å². The van der Waals surface area contributed by atoms with Crippen LogP contribution in [0.4, 0.5) is 0 Å². The first-order chi connectivity index (χ1) is 8.13. The van der Waals surface area contributed by atoms with E-state index >= 15 is 0 Å². The van der Waals surface area contributed by atoms with E-state index in [2.05, 4.69) is 6.92 Å². The Morgan fingerprint density at radius 1 is 1.06 bits per heavy atom. The molecule has 0 atom stereocenters. The van der Waals surface area contributed by atoms with Crippen molar-refractivity contribution in [3.8, 4) is 0 Å². The molecule has 0 aromatic heterocycles. The van der Waals surface area contributed by atoms with Gasteiger partial charge in [0.2, 0.25) is 0 Å². The quantitative estimate of drug-likeness (QED) is 0.485. The van der Waals surface area contributed by atoms with Gasteiger partial charge in [0.05, 0.1) is 19.6 Å². The molecule has 0 rings (SSSR count). The lowest BCUT2D eigenvalue weighted by atomic mass is 10.1. The summed E-state index contributed by atoms with van der Waals surface area (Å²) >= 11 is 0. The average molecular weight is 242 g/mol. The highest BCUT2D eigenvalue weighted by molar-refractivity contribution is 5.84.